The standard InChI is InChI=1S/C17H22N2O/c1-2-16-11-15(8-10-20-16)19-12-14-6-3-5-13-7-4-9-18-17(13)14/h3-7,9,15-16,19H,2,8,10-12H2,1H3. The lowest BCUT2D eigenvalue weighted by molar-refractivity contribution is -0.000302. The van der Waals surface area contributed by atoms with E-state index in [1.807, 2.05) is 12.3 Å². The number of nitrogens with one attached hydrogen (secondary N) is 1. The zero-order valence-corrected chi connectivity index (χ0v) is 12.0. The molecule has 3 heteroatoms. The van der Waals surface area contributed by atoms with Crippen molar-refractivity contribution < 1.29 is 4.74 Å². The van der Waals surface area contributed by atoms with Gasteiger partial charge in [-0.1, -0.05) is 31.2 Å². The predicted molar refractivity (Wildman–Crippen MR) is 81.6 cm³/mol. The summed E-state index contributed by atoms with van der Waals surface area (Å²) in [5.41, 5.74) is 2.39. The average molecular weight is 270 g/mol. The van der Waals surface area contributed by atoms with E-state index in [1.165, 1.54) is 10.9 Å². The molecule has 0 amide bonds. The second-order valence-corrected chi connectivity index (χ2v) is 5.50. The SMILES string of the molecule is CCC1CC(NCc2cccc3cccnc23)CCO1. The number of fused-ring (bicyclic) bond motifs is 1. The van der Waals surface area contributed by atoms with E-state index in [9.17, 15) is 0 Å². The first-order valence-electron chi connectivity index (χ1n) is 7.54. The monoisotopic (exact) mass is 270 g/mol. The van der Waals surface area contributed by atoms with E-state index in [1.54, 1.807) is 0 Å². The molecule has 0 spiro atoms. The average Bonchev–Trinajstić information content (AvgIpc) is 2.53. The zero-order valence-electron chi connectivity index (χ0n) is 12.0. The quantitative estimate of drug-likeness (QED) is 0.925. The fourth-order valence-electron chi connectivity index (χ4n) is 2.91. The molecule has 2 heterocycles. The van der Waals surface area contributed by atoms with Gasteiger partial charge < -0.3 is 10.1 Å². The van der Waals surface area contributed by atoms with Crippen molar-refractivity contribution in [3.8, 4) is 0 Å². The lowest BCUT2D eigenvalue weighted by atomic mass is 10.0. The molecule has 0 saturated carbocycles. The Labute approximate surface area is 120 Å². The fourth-order valence-corrected chi connectivity index (χ4v) is 2.91. The van der Waals surface area contributed by atoms with Crippen LogP contribution in [0.3, 0.4) is 0 Å². The fraction of sp³-hybridized carbons (Fsp3) is 0.471. The van der Waals surface area contributed by atoms with Gasteiger partial charge in [-0.2, -0.15) is 0 Å². The van der Waals surface area contributed by atoms with Gasteiger partial charge in [0.05, 0.1) is 11.6 Å². The second kappa shape index (κ2) is 6.33. The largest absolute Gasteiger partial charge is 0.378 e. The van der Waals surface area contributed by atoms with Crippen molar-refractivity contribution in [3.05, 3.63) is 42.1 Å². The minimum absolute atomic E-state index is 0.423. The van der Waals surface area contributed by atoms with E-state index in [2.05, 4.69) is 41.5 Å². The summed E-state index contributed by atoms with van der Waals surface area (Å²) in [5.74, 6) is 0. The van der Waals surface area contributed by atoms with E-state index >= 15 is 0 Å². The van der Waals surface area contributed by atoms with E-state index < -0.39 is 0 Å². The van der Waals surface area contributed by atoms with Crippen LogP contribution in [0, 0.1) is 0 Å². The van der Waals surface area contributed by atoms with Gasteiger partial charge in [0.2, 0.25) is 0 Å². The maximum absolute atomic E-state index is 5.73. The van der Waals surface area contributed by atoms with Gasteiger partial charge in [0.25, 0.3) is 0 Å². The van der Waals surface area contributed by atoms with E-state index in [4.69, 9.17) is 4.74 Å². The normalized spacial score (nSPS) is 23.1. The Morgan fingerprint density at radius 3 is 3.10 bits per heavy atom. The molecule has 1 aromatic heterocycles. The van der Waals surface area contributed by atoms with Gasteiger partial charge in [-0.25, -0.2) is 0 Å². The number of rotatable bonds is 4. The van der Waals surface area contributed by atoms with Crippen molar-refractivity contribution >= 4 is 10.9 Å². The third-order valence-corrected chi connectivity index (χ3v) is 4.12. The van der Waals surface area contributed by atoms with Crippen LogP contribution < -0.4 is 5.32 Å². The molecule has 1 aromatic carbocycles. The van der Waals surface area contributed by atoms with Gasteiger partial charge in [-0.05, 0) is 30.9 Å². The lowest BCUT2D eigenvalue weighted by Crippen LogP contribution is -2.38. The second-order valence-electron chi connectivity index (χ2n) is 5.50. The molecule has 1 saturated heterocycles. The van der Waals surface area contributed by atoms with Crippen molar-refractivity contribution in [2.75, 3.05) is 6.61 Å². The third-order valence-electron chi connectivity index (χ3n) is 4.12. The highest BCUT2D eigenvalue weighted by Crippen LogP contribution is 2.19. The molecule has 1 N–H and O–H groups in total. The van der Waals surface area contributed by atoms with Gasteiger partial charge in [-0.15, -0.1) is 0 Å². The number of para-hydroxylation sites is 1. The molecule has 3 rings (SSSR count). The Bertz CT molecular complexity index is 564. The van der Waals surface area contributed by atoms with Crippen molar-refractivity contribution in [3.63, 3.8) is 0 Å². The summed E-state index contributed by atoms with van der Waals surface area (Å²) in [6.07, 6.45) is 5.62. The number of hydrogen-bond acceptors (Lipinski definition) is 3. The van der Waals surface area contributed by atoms with Crippen molar-refractivity contribution in [2.24, 2.45) is 0 Å². The highest BCUT2D eigenvalue weighted by molar-refractivity contribution is 5.81. The molecular weight excluding hydrogens is 248 g/mol. The summed E-state index contributed by atoms with van der Waals surface area (Å²) >= 11 is 0. The van der Waals surface area contributed by atoms with Crippen LogP contribution >= 0.6 is 0 Å². The summed E-state index contributed by atoms with van der Waals surface area (Å²) in [5, 5.41) is 4.89. The van der Waals surface area contributed by atoms with Crippen LogP contribution in [0.15, 0.2) is 36.5 Å². The van der Waals surface area contributed by atoms with Gasteiger partial charge >= 0.3 is 0 Å². The molecule has 0 radical (unpaired) electrons. The molecule has 106 valence electrons. The number of aromatic nitrogens is 1. The predicted octanol–water partition coefficient (Wildman–Crippen LogP) is 3.28. The first-order chi connectivity index (χ1) is 9.86. The van der Waals surface area contributed by atoms with Crippen molar-refractivity contribution in [2.45, 2.75) is 44.9 Å². The molecule has 20 heavy (non-hydrogen) atoms. The lowest BCUT2D eigenvalue weighted by Gasteiger charge is -2.29. The molecule has 1 fully saturated rings. The number of hydrogen-bond donors (Lipinski definition) is 1. The van der Waals surface area contributed by atoms with E-state index in [-0.39, 0.29) is 0 Å². The first-order valence-corrected chi connectivity index (χ1v) is 7.54. The van der Waals surface area contributed by atoms with E-state index in [0.29, 0.717) is 12.1 Å². The summed E-state index contributed by atoms with van der Waals surface area (Å²) < 4.78 is 5.73. The zero-order chi connectivity index (χ0) is 13.8. The minimum Gasteiger partial charge on any atom is -0.378 e. The summed E-state index contributed by atoms with van der Waals surface area (Å²) in [7, 11) is 0. The molecule has 1 aliphatic heterocycles. The summed E-state index contributed by atoms with van der Waals surface area (Å²) in [4.78, 5) is 4.51. The molecule has 3 nitrogen and oxygen atoms in total. The molecule has 1 aliphatic rings. The van der Waals surface area contributed by atoms with Crippen LogP contribution in [0.25, 0.3) is 10.9 Å². The Morgan fingerprint density at radius 2 is 2.20 bits per heavy atom. The Balaban J connectivity index is 1.68. The minimum atomic E-state index is 0.423. The number of ether oxygens (including phenoxy) is 1. The van der Waals surface area contributed by atoms with Gasteiger partial charge in [0.1, 0.15) is 0 Å². The Kier molecular flexibility index (Phi) is 4.28. The number of pyridine rings is 1. The molecule has 2 unspecified atom stereocenters. The highest BCUT2D eigenvalue weighted by atomic mass is 16.5. The van der Waals surface area contributed by atoms with Gasteiger partial charge in [-0.3, -0.25) is 4.98 Å². The molecule has 0 aliphatic carbocycles. The molecule has 0 bridgehead atoms. The van der Waals surface area contributed by atoms with Gasteiger partial charge in [0, 0.05) is 30.8 Å². The Morgan fingerprint density at radius 1 is 1.30 bits per heavy atom. The highest BCUT2D eigenvalue weighted by Gasteiger charge is 2.20. The van der Waals surface area contributed by atoms with Crippen LogP contribution in [0.4, 0.5) is 0 Å². The van der Waals surface area contributed by atoms with Crippen LogP contribution in [-0.4, -0.2) is 23.7 Å². The third kappa shape index (κ3) is 3.00. The Hall–Kier alpha value is -1.45. The topological polar surface area (TPSA) is 34.2 Å². The summed E-state index contributed by atoms with van der Waals surface area (Å²) in [6, 6.07) is 11.1. The van der Waals surface area contributed by atoms with Crippen LogP contribution in [-0.2, 0) is 11.3 Å². The van der Waals surface area contributed by atoms with Crippen LogP contribution in [0.2, 0.25) is 0 Å². The molecule has 2 aromatic rings. The first kappa shape index (κ1) is 13.5. The smallest absolute Gasteiger partial charge is 0.0746 e. The van der Waals surface area contributed by atoms with Crippen LogP contribution in [0.1, 0.15) is 31.7 Å². The molecular formula is C17H22N2O. The van der Waals surface area contributed by atoms with Gasteiger partial charge in [0.15, 0.2) is 0 Å². The van der Waals surface area contributed by atoms with Crippen LogP contribution in [0.5, 0.6) is 0 Å². The maximum Gasteiger partial charge on any atom is 0.0746 e. The van der Waals surface area contributed by atoms with E-state index in [0.717, 1.165) is 37.9 Å². The van der Waals surface area contributed by atoms with Crippen molar-refractivity contribution in [1.29, 1.82) is 0 Å². The number of benzene rings is 1. The summed E-state index contributed by atoms with van der Waals surface area (Å²) in [6.45, 7) is 3.96. The maximum atomic E-state index is 5.73. The van der Waals surface area contributed by atoms with Crippen molar-refractivity contribution in [1.82, 2.24) is 10.3 Å². The number of nitrogens with zero attached hydrogens (tertiary/aromatic N) is 1. The molecule has 2 atom stereocenters.